The van der Waals surface area contributed by atoms with E-state index in [4.69, 9.17) is 0 Å². The first kappa shape index (κ1) is 22.8. The smallest absolute Gasteiger partial charge is 0.131 e. The van der Waals surface area contributed by atoms with Gasteiger partial charge in [-0.2, -0.15) is 0 Å². The Balaban J connectivity index is 1.06. The van der Waals surface area contributed by atoms with Crippen molar-refractivity contribution in [2.24, 2.45) is 0 Å². The Hall–Kier alpha value is -2.96. The van der Waals surface area contributed by atoms with Gasteiger partial charge in [0.05, 0.1) is 0 Å². The summed E-state index contributed by atoms with van der Waals surface area (Å²) in [6.45, 7) is 6.54. The Bertz CT molecular complexity index is 917. The molecule has 6 heteroatoms. The van der Waals surface area contributed by atoms with Crippen LogP contribution in [-0.4, -0.2) is 58.0 Å². The van der Waals surface area contributed by atoms with Gasteiger partial charge in [-0.25, -0.2) is 9.97 Å². The minimum atomic E-state index is 0.469. The molecule has 0 saturated carbocycles. The van der Waals surface area contributed by atoms with Gasteiger partial charge in [0.15, 0.2) is 0 Å². The molecule has 2 fully saturated rings. The lowest BCUT2D eigenvalue weighted by Crippen LogP contribution is -2.39. The fraction of sp³-hybridized carbons (Fsp3) is 0.429. The maximum atomic E-state index is 4.49. The number of likely N-dealkylation sites (tertiary alicyclic amines) is 2. The maximum absolute atomic E-state index is 4.49. The summed E-state index contributed by atoms with van der Waals surface area (Å²) in [6.07, 6.45) is 6.23. The van der Waals surface area contributed by atoms with Crippen LogP contribution in [0.15, 0.2) is 73.1 Å². The Morgan fingerprint density at radius 1 is 0.618 bits per heavy atom. The zero-order valence-electron chi connectivity index (χ0n) is 19.9. The molecule has 2 saturated heterocycles. The molecule has 3 heterocycles. The van der Waals surface area contributed by atoms with Gasteiger partial charge < -0.3 is 10.6 Å². The topological polar surface area (TPSA) is 56.3 Å². The molecule has 0 bridgehead atoms. The molecule has 3 aromatic rings. The highest BCUT2D eigenvalue weighted by atomic mass is 15.2. The van der Waals surface area contributed by atoms with Crippen molar-refractivity contribution in [1.29, 1.82) is 0 Å². The Morgan fingerprint density at radius 2 is 1.03 bits per heavy atom. The molecule has 0 atom stereocenters. The van der Waals surface area contributed by atoms with E-state index < -0.39 is 0 Å². The number of piperidine rings is 2. The second kappa shape index (κ2) is 11.4. The van der Waals surface area contributed by atoms with E-state index in [0.717, 1.165) is 76.6 Å². The quantitative estimate of drug-likeness (QED) is 0.515. The highest BCUT2D eigenvalue weighted by Gasteiger charge is 2.21. The van der Waals surface area contributed by atoms with Crippen molar-refractivity contribution in [3.8, 4) is 0 Å². The van der Waals surface area contributed by atoms with Crippen molar-refractivity contribution in [2.45, 2.75) is 50.9 Å². The normalized spacial score (nSPS) is 18.6. The van der Waals surface area contributed by atoms with Gasteiger partial charge in [0, 0.05) is 57.4 Å². The first-order valence-electron chi connectivity index (χ1n) is 12.7. The molecule has 0 radical (unpaired) electrons. The zero-order valence-corrected chi connectivity index (χ0v) is 19.9. The summed E-state index contributed by atoms with van der Waals surface area (Å²) in [5.41, 5.74) is 2.79. The van der Waals surface area contributed by atoms with Crippen molar-refractivity contribution in [3.05, 3.63) is 84.2 Å². The number of hydrogen-bond donors (Lipinski definition) is 2. The first-order valence-corrected chi connectivity index (χ1v) is 12.7. The van der Waals surface area contributed by atoms with Crippen molar-refractivity contribution in [3.63, 3.8) is 0 Å². The maximum Gasteiger partial charge on any atom is 0.131 e. The van der Waals surface area contributed by atoms with Gasteiger partial charge in [-0.1, -0.05) is 60.7 Å². The van der Waals surface area contributed by atoms with Gasteiger partial charge in [-0.15, -0.1) is 0 Å². The van der Waals surface area contributed by atoms with Gasteiger partial charge >= 0.3 is 0 Å². The van der Waals surface area contributed by atoms with Crippen molar-refractivity contribution >= 4 is 11.6 Å². The number of hydrogen-bond acceptors (Lipinski definition) is 6. The Kier molecular flexibility index (Phi) is 7.68. The molecule has 2 aromatic carbocycles. The molecular formula is C28H36N6. The van der Waals surface area contributed by atoms with E-state index in [-0.39, 0.29) is 0 Å². The summed E-state index contributed by atoms with van der Waals surface area (Å²) in [5, 5.41) is 7.30. The van der Waals surface area contributed by atoms with Gasteiger partial charge in [0.1, 0.15) is 18.0 Å². The molecule has 1 aromatic heterocycles. The highest BCUT2D eigenvalue weighted by molar-refractivity contribution is 5.47. The van der Waals surface area contributed by atoms with E-state index in [9.17, 15) is 0 Å². The molecule has 6 nitrogen and oxygen atoms in total. The summed E-state index contributed by atoms with van der Waals surface area (Å²) >= 11 is 0. The number of aromatic nitrogens is 2. The molecule has 178 valence electrons. The highest BCUT2D eigenvalue weighted by Crippen LogP contribution is 2.21. The number of benzene rings is 2. The van der Waals surface area contributed by atoms with E-state index in [1.165, 1.54) is 11.1 Å². The molecule has 34 heavy (non-hydrogen) atoms. The molecule has 5 rings (SSSR count). The minimum absolute atomic E-state index is 0.469. The van der Waals surface area contributed by atoms with Crippen LogP contribution in [-0.2, 0) is 13.1 Å². The Morgan fingerprint density at radius 3 is 1.44 bits per heavy atom. The summed E-state index contributed by atoms with van der Waals surface area (Å²) in [5.74, 6) is 1.86. The lowest BCUT2D eigenvalue weighted by atomic mass is 10.0. The number of anilines is 2. The molecule has 0 spiro atoms. The van der Waals surface area contributed by atoms with Crippen LogP contribution in [0, 0.1) is 0 Å². The van der Waals surface area contributed by atoms with Gasteiger partial charge in [0.2, 0.25) is 0 Å². The number of nitrogens with zero attached hydrogens (tertiary/aromatic N) is 4. The second-order valence-corrected chi connectivity index (χ2v) is 9.65. The molecule has 0 aliphatic carbocycles. The van der Waals surface area contributed by atoms with Crippen LogP contribution in [0.25, 0.3) is 0 Å². The summed E-state index contributed by atoms with van der Waals surface area (Å²) in [7, 11) is 0. The standard InChI is InChI=1S/C28H36N6/c1-3-7-23(8-4-1)20-33-15-11-25(12-16-33)31-27-19-28(30-22-29-27)32-26-13-17-34(18-14-26)21-24-9-5-2-6-10-24/h1-10,19,22,25-26H,11-18,20-21H2,(H2,29,30,31,32). The fourth-order valence-corrected chi connectivity index (χ4v) is 5.09. The molecule has 2 N–H and O–H groups in total. The van der Waals surface area contributed by atoms with E-state index >= 15 is 0 Å². The van der Waals surface area contributed by atoms with Gasteiger partial charge in [-0.05, 0) is 36.8 Å². The van der Waals surface area contributed by atoms with Crippen LogP contribution in [0.5, 0.6) is 0 Å². The van der Waals surface area contributed by atoms with Crippen molar-refractivity contribution in [2.75, 3.05) is 36.8 Å². The lowest BCUT2D eigenvalue weighted by Gasteiger charge is -2.33. The van der Waals surface area contributed by atoms with Crippen LogP contribution in [0.4, 0.5) is 11.6 Å². The predicted octanol–water partition coefficient (Wildman–Crippen LogP) is 4.63. The van der Waals surface area contributed by atoms with Crippen LogP contribution in [0.3, 0.4) is 0 Å². The molecule has 0 amide bonds. The summed E-state index contributed by atoms with van der Waals surface area (Å²) in [4.78, 5) is 14.1. The number of rotatable bonds is 8. The van der Waals surface area contributed by atoms with Crippen molar-refractivity contribution < 1.29 is 0 Å². The van der Waals surface area contributed by atoms with Gasteiger partial charge in [-0.3, -0.25) is 9.80 Å². The average molecular weight is 457 g/mol. The number of nitrogens with one attached hydrogen (secondary N) is 2. The van der Waals surface area contributed by atoms with Crippen molar-refractivity contribution in [1.82, 2.24) is 19.8 Å². The largest absolute Gasteiger partial charge is 0.367 e. The molecule has 2 aliphatic heterocycles. The molecular weight excluding hydrogens is 420 g/mol. The average Bonchev–Trinajstić information content (AvgIpc) is 2.88. The van der Waals surface area contributed by atoms with Crippen LogP contribution in [0.2, 0.25) is 0 Å². The van der Waals surface area contributed by atoms with Crippen LogP contribution >= 0.6 is 0 Å². The molecule has 0 unspecified atom stereocenters. The van der Waals surface area contributed by atoms with E-state index in [1.807, 2.05) is 0 Å². The van der Waals surface area contributed by atoms with E-state index in [1.54, 1.807) is 6.33 Å². The van der Waals surface area contributed by atoms with Crippen LogP contribution < -0.4 is 10.6 Å². The third-order valence-electron chi connectivity index (χ3n) is 7.04. The SMILES string of the molecule is c1ccc(CN2CCC(Nc3cc(NC4CCN(Cc5ccccc5)CC4)ncn3)CC2)cc1. The third kappa shape index (κ3) is 6.55. The lowest BCUT2D eigenvalue weighted by molar-refractivity contribution is 0.211. The zero-order chi connectivity index (χ0) is 23.0. The van der Waals surface area contributed by atoms with E-state index in [0.29, 0.717) is 12.1 Å². The van der Waals surface area contributed by atoms with Crippen LogP contribution in [0.1, 0.15) is 36.8 Å². The van der Waals surface area contributed by atoms with Gasteiger partial charge in [0.25, 0.3) is 0 Å². The summed E-state index contributed by atoms with van der Waals surface area (Å²) in [6, 6.07) is 24.5. The Labute approximate surface area is 203 Å². The minimum Gasteiger partial charge on any atom is -0.367 e. The van der Waals surface area contributed by atoms with E-state index in [2.05, 4.69) is 97.1 Å². The first-order chi connectivity index (χ1) is 16.8. The monoisotopic (exact) mass is 456 g/mol. The third-order valence-corrected chi connectivity index (χ3v) is 7.04. The predicted molar refractivity (Wildman–Crippen MR) is 139 cm³/mol. The molecule has 2 aliphatic rings. The fourth-order valence-electron chi connectivity index (χ4n) is 5.09. The second-order valence-electron chi connectivity index (χ2n) is 9.65. The summed E-state index contributed by atoms with van der Waals surface area (Å²) < 4.78 is 0.